The third-order valence-corrected chi connectivity index (χ3v) is 8.32. The van der Waals surface area contributed by atoms with Crippen LogP contribution in [0.1, 0.15) is 29.0 Å². The predicted octanol–water partition coefficient (Wildman–Crippen LogP) is 6.48. The lowest BCUT2D eigenvalue weighted by atomic mass is 9.81. The second-order valence-corrected chi connectivity index (χ2v) is 11.3. The van der Waals surface area contributed by atoms with Gasteiger partial charge in [-0.05, 0) is 66.9 Å². The van der Waals surface area contributed by atoms with Gasteiger partial charge in [0, 0.05) is 41.7 Å². The van der Waals surface area contributed by atoms with Crippen molar-refractivity contribution in [3.8, 4) is 17.2 Å². The molecular formula is C35H33ClFN3O4. The molecule has 0 spiro atoms. The van der Waals surface area contributed by atoms with Crippen molar-refractivity contribution in [2.75, 3.05) is 45.0 Å². The standard InChI is InChI=1S/C19H20FNO3.C16H13ClN2O/c20-15-3-1-13(2-4-15)17-7-8-21-10-14(17)11-22-16-5-6-18-19(9-16)24-12-23-18;1-19-14-8-7-12(17)9-13(14)16(18-10-15(19)20)11-5-3-2-4-6-11/h1-6,9,14,17,21H,7-8,10-12H2;2-9H,10H2,1H3/t14-,17-;/m0./s1. The molecule has 4 aromatic rings. The van der Waals surface area contributed by atoms with Crippen LogP contribution in [-0.4, -0.2) is 51.7 Å². The van der Waals surface area contributed by atoms with Crippen LogP contribution >= 0.6 is 11.6 Å². The molecule has 9 heteroatoms. The molecule has 1 saturated heterocycles. The highest BCUT2D eigenvalue weighted by Crippen LogP contribution is 2.36. The fraction of sp³-hybridized carbons (Fsp3) is 0.257. The van der Waals surface area contributed by atoms with Gasteiger partial charge in [-0.3, -0.25) is 9.79 Å². The zero-order valence-corrected chi connectivity index (χ0v) is 25.1. The number of benzodiazepines with no additional fused rings is 1. The van der Waals surface area contributed by atoms with Gasteiger partial charge >= 0.3 is 0 Å². The van der Waals surface area contributed by atoms with Crippen LogP contribution < -0.4 is 24.4 Å². The molecule has 3 aliphatic rings. The van der Waals surface area contributed by atoms with Crippen molar-refractivity contribution in [2.24, 2.45) is 10.9 Å². The van der Waals surface area contributed by atoms with Crippen molar-refractivity contribution < 1.29 is 23.4 Å². The number of carbonyl (C=O) groups is 1. The molecule has 1 amide bonds. The Hall–Kier alpha value is -4.40. The first kappa shape index (κ1) is 29.7. The van der Waals surface area contributed by atoms with E-state index in [1.807, 2.05) is 72.8 Å². The highest BCUT2D eigenvalue weighted by molar-refractivity contribution is 6.32. The molecule has 0 saturated carbocycles. The maximum atomic E-state index is 13.2. The molecule has 0 unspecified atom stereocenters. The van der Waals surface area contributed by atoms with E-state index in [0.717, 1.165) is 59.3 Å². The number of fused-ring (bicyclic) bond motifs is 2. The number of anilines is 1. The number of amides is 1. The Bertz CT molecular complexity index is 1650. The molecular weight excluding hydrogens is 581 g/mol. The summed E-state index contributed by atoms with van der Waals surface area (Å²) in [7, 11) is 1.76. The Morgan fingerprint density at radius 3 is 2.61 bits per heavy atom. The molecule has 2 atom stereocenters. The summed E-state index contributed by atoms with van der Waals surface area (Å²) in [6.07, 6.45) is 1.03. The average Bonchev–Trinajstić information content (AvgIpc) is 3.49. The van der Waals surface area contributed by atoms with Crippen LogP contribution in [0.25, 0.3) is 0 Å². The molecule has 0 aromatic heterocycles. The van der Waals surface area contributed by atoms with E-state index in [9.17, 15) is 9.18 Å². The normalized spacial score (nSPS) is 18.8. The van der Waals surface area contributed by atoms with Crippen molar-refractivity contribution in [2.45, 2.75) is 12.3 Å². The average molecular weight is 614 g/mol. The summed E-state index contributed by atoms with van der Waals surface area (Å²) < 4.78 is 29.9. The number of nitrogens with zero attached hydrogens (tertiary/aromatic N) is 2. The Kier molecular flexibility index (Phi) is 9.09. The highest BCUT2D eigenvalue weighted by atomic mass is 35.5. The van der Waals surface area contributed by atoms with Crippen LogP contribution in [0.3, 0.4) is 0 Å². The minimum Gasteiger partial charge on any atom is -0.493 e. The topological polar surface area (TPSA) is 72.4 Å². The molecule has 4 aromatic carbocycles. The lowest BCUT2D eigenvalue weighted by molar-refractivity contribution is -0.116. The monoisotopic (exact) mass is 613 g/mol. The summed E-state index contributed by atoms with van der Waals surface area (Å²) in [4.78, 5) is 18.1. The first-order valence-corrected chi connectivity index (χ1v) is 15.0. The third-order valence-electron chi connectivity index (χ3n) is 8.08. The summed E-state index contributed by atoms with van der Waals surface area (Å²) >= 11 is 6.11. The maximum Gasteiger partial charge on any atom is 0.248 e. The van der Waals surface area contributed by atoms with Crippen LogP contribution in [0.5, 0.6) is 17.2 Å². The number of ether oxygens (including phenoxy) is 3. The van der Waals surface area contributed by atoms with E-state index in [1.165, 1.54) is 17.7 Å². The highest BCUT2D eigenvalue weighted by Gasteiger charge is 2.27. The molecule has 0 radical (unpaired) electrons. The van der Waals surface area contributed by atoms with Crippen molar-refractivity contribution in [1.29, 1.82) is 0 Å². The molecule has 7 rings (SSSR count). The first-order valence-electron chi connectivity index (χ1n) is 14.6. The number of carbonyl (C=O) groups excluding carboxylic acids is 1. The summed E-state index contributed by atoms with van der Waals surface area (Å²) in [5, 5.41) is 4.06. The van der Waals surface area contributed by atoms with Gasteiger partial charge in [0.25, 0.3) is 0 Å². The van der Waals surface area contributed by atoms with Crippen molar-refractivity contribution in [3.05, 3.63) is 119 Å². The molecule has 226 valence electrons. The van der Waals surface area contributed by atoms with Gasteiger partial charge in [-0.2, -0.15) is 0 Å². The lowest BCUT2D eigenvalue weighted by Gasteiger charge is -2.32. The zero-order chi connectivity index (χ0) is 30.5. The van der Waals surface area contributed by atoms with Gasteiger partial charge in [-0.15, -0.1) is 0 Å². The number of piperidine rings is 1. The van der Waals surface area contributed by atoms with Crippen LogP contribution in [0.15, 0.2) is 96.0 Å². The second kappa shape index (κ2) is 13.5. The minimum atomic E-state index is -0.194. The SMILES string of the molecule is CN1C(=O)CN=C(c2ccccc2)c2cc(Cl)ccc21.Fc1ccc([C@@H]2CCNC[C@H]2COc2ccc3c(c2)OCO3)cc1. The Morgan fingerprint density at radius 2 is 1.80 bits per heavy atom. The molecule has 1 fully saturated rings. The first-order chi connectivity index (χ1) is 21.5. The van der Waals surface area contributed by atoms with Crippen LogP contribution in [-0.2, 0) is 4.79 Å². The van der Waals surface area contributed by atoms with Gasteiger partial charge in [0.1, 0.15) is 18.1 Å². The molecule has 0 aliphatic carbocycles. The number of hydrogen-bond donors (Lipinski definition) is 1. The predicted molar refractivity (Wildman–Crippen MR) is 170 cm³/mol. The number of hydrogen-bond acceptors (Lipinski definition) is 6. The molecule has 3 aliphatic heterocycles. The summed E-state index contributed by atoms with van der Waals surface area (Å²) in [6.45, 7) is 2.88. The van der Waals surface area contributed by atoms with Crippen LogP contribution in [0.2, 0.25) is 5.02 Å². The van der Waals surface area contributed by atoms with Crippen molar-refractivity contribution in [1.82, 2.24) is 5.32 Å². The quantitative estimate of drug-likeness (QED) is 0.279. The van der Waals surface area contributed by atoms with Crippen LogP contribution in [0.4, 0.5) is 10.1 Å². The lowest BCUT2D eigenvalue weighted by Crippen LogP contribution is -2.38. The summed E-state index contributed by atoms with van der Waals surface area (Å²) in [5.74, 6) is 2.76. The largest absolute Gasteiger partial charge is 0.493 e. The molecule has 1 N–H and O–H groups in total. The van der Waals surface area contributed by atoms with Gasteiger partial charge in [-0.1, -0.05) is 54.1 Å². The Morgan fingerprint density at radius 1 is 1.00 bits per heavy atom. The number of rotatable bonds is 5. The molecule has 44 heavy (non-hydrogen) atoms. The molecule has 7 nitrogen and oxygen atoms in total. The maximum absolute atomic E-state index is 13.2. The van der Waals surface area contributed by atoms with Gasteiger partial charge in [0.05, 0.1) is 18.0 Å². The zero-order valence-electron chi connectivity index (χ0n) is 24.3. The number of aliphatic imine (C=N–C) groups is 1. The van der Waals surface area contributed by atoms with E-state index in [4.69, 9.17) is 25.8 Å². The van der Waals surface area contributed by atoms with Gasteiger partial charge in [0.15, 0.2) is 11.5 Å². The molecule has 0 bridgehead atoms. The van der Waals surface area contributed by atoms with Crippen LogP contribution in [0, 0.1) is 11.7 Å². The summed E-state index contributed by atoms with van der Waals surface area (Å²) in [6, 6.07) is 27.8. The van der Waals surface area contributed by atoms with E-state index < -0.39 is 0 Å². The fourth-order valence-electron chi connectivity index (χ4n) is 5.72. The van der Waals surface area contributed by atoms with E-state index in [2.05, 4.69) is 10.3 Å². The number of nitrogens with one attached hydrogen (secondary N) is 1. The number of benzene rings is 4. The number of halogens is 2. The second-order valence-electron chi connectivity index (χ2n) is 10.9. The van der Waals surface area contributed by atoms with E-state index in [-0.39, 0.29) is 25.1 Å². The molecule has 3 heterocycles. The van der Waals surface area contributed by atoms with Crippen molar-refractivity contribution in [3.63, 3.8) is 0 Å². The number of likely N-dealkylation sites (N-methyl/N-ethyl adjacent to an activating group) is 1. The van der Waals surface area contributed by atoms with E-state index >= 15 is 0 Å². The van der Waals surface area contributed by atoms with E-state index in [0.29, 0.717) is 23.5 Å². The smallest absolute Gasteiger partial charge is 0.248 e. The van der Waals surface area contributed by atoms with Gasteiger partial charge in [0.2, 0.25) is 12.7 Å². The van der Waals surface area contributed by atoms with E-state index in [1.54, 1.807) is 18.0 Å². The Labute approximate surface area is 261 Å². The van der Waals surface area contributed by atoms with Crippen molar-refractivity contribution >= 4 is 28.9 Å². The minimum absolute atomic E-state index is 0.0282. The fourth-order valence-corrected chi connectivity index (χ4v) is 5.89. The van der Waals surface area contributed by atoms with Gasteiger partial charge < -0.3 is 24.4 Å². The third kappa shape index (κ3) is 6.72. The van der Waals surface area contributed by atoms with Gasteiger partial charge in [-0.25, -0.2) is 4.39 Å². The Balaban J connectivity index is 0.000000159. The summed E-state index contributed by atoms with van der Waals surface area (Å²) in [5.41, 5.74) is 4.69.